The molecule has 0 amide bonds. The van der Waals surface area contributed by atoms with Crippen LogP contribution in [0.1, 0.15) is 20.7 Å². The van der Waals surface area contributed by atoms with Gasteiger partial charge in [-0.15, -0.1) is 0 Å². The van der Waals surface area contributed by atoms with Gasteiger partial charge in [-0.3, -0.25) is 0 Å². The lowest BCUT2D eigenvalue weighted by molar-refractivity contribution is 0.0540. The van der Waals surface area contributed by atoms with E-state index in [0.717, 1.165) is 0 Å². The number of fused-ring (bicyclic) bond motifs is 2. The van der Waals surface area contributed by atoms with Gasteiger partial charge in [0.05, 0.1) is 10.0 Å². The molecule has 2 heterocycles. The SMILES string of the molecule is O=C1ON=c2c(Cl)c3c(c(Cl)c21)=NOC3=O. The number of nitrogens with zero attached hydrogens (tertiary/aromatic N) is 2. The predicted molar refractivity (Wildman–Crippen MR) is 49.6 cm³/mol. The molecule has 2 aliphatic rings. The van der Waals surface area contributed by atoms with Gasteiger partial charge < -0.3 is 9.68 Å². The lowest BCUT2D eigenvalue weighted by atomic mass is 10.1. The van der Waals surface area contributed by atoms with E-state index in [-0.39, 0.29) is 31.9 Å². The van der Waals surface area contributed by atoms with Gasteiger partial charge in [-0.05, 0) is 0 Å². The van der Waals surface area contributed by atoms with Crippen molar-refractivity contribution in [1.29, 1.82) is 0 Å². The number of benzene rings is 1. The number of carbonyl (C=O) groups is 2. The first kappa shape index (κ1) is 9.56. The van der Waals surface area contributed by atoms with E-state index in [1.807, 2.05) is 0 Å². The smallest absolute Gasteiger partial charge is 0.312 e. The molecule has 0 aromatic heterocycles. The highest BCUT2D eigenvalue weighted by atomic mass is 35.5. The van der Waals surface area contributed by atoms with Crippen molar-refractivity contribution in [2.75, 3.05) is 0 Å². The fraction of sp³-hybridized carbons (Fsp3) is 0. The highest BCUT2D eigenvalue weighted by Crippen LogP contribution is 2.22. The maximum atomic E-state index is 11.3. The minimum Gasteiger partial charge on any atom is -0.312 e. The van der Waals surface area contributed by atoms with Gasteiger partial charge in [0.2, 0.25) is 0 Å². The summed E-state index contributed by atoms with van der Waals surface area (Å²) in [7, 11) is 0. The molecule has 0 aliphatic carbocycles. The third kappa shape index (κ3) is 0.975. The van der Waals surface area contributed by atoms with Crippen molar-refractivity contribution in [3.05, 3.63) is 31.9 Å². The van der Waals surface area contributed by atoms with Crippen LogP contribution in [0.15, 0.2) is 10.3 Å². The average molecular weight is 259 g/mol. The Balaban J connectivity index is 2.57. The third-order valence-corrected chi connectivity index (χ3v) is 2.91. The summed E-state index contributed by atoms with van der Waals surface area (Å²) < 4.78 is 0. The molecule has 0 unspecified atom stereocenters. The van der Waals surface area contributed by atoms with Crippen LogP contribution in [0, 0.1) is 0 Å². The number of halogens is 2. The maximum Gasteiger partial charge on any atom is 0.369 e. The van der Waals surface area contributed by atoms with Crippen LogP contribution in [-0.4, -0.2) is 11.9 Å². The molecule has 0 atom stereocenters. The Kier molecular flexibility index (Phi) is 1.75. The molecule has 0 radical (unpaired) electrons. The molecular formula is C8Cl2N2O4. The third-order valence-electron chi connectivity index (χ3n) is 2.18. The van der Waals surface area contributed by atoms with Crippen LogP contribution >= 0.6 is 23.2 Å². The lowest BCUT2D eigenvalue weighted by Gasteiger charge is -1.97. The van der Waals surface area contributed by atoms with Gasteiger partial charge in [0.1, 0.15) is 21.8 Å². The molecule has 8 heteroatoms. The van der Waals surface area contributed by atoms with E-state index in [0.29, 0.717) is 0 Å². The molecule has 1 aromatic carbocycles. The standard InChI is InChI=1S/C8Cl2N2O4/c9-3-1-5(11-15-7(1)13)4(10)2-6(3)12-16-8(2)14. The molecule has 0 bridgehead atoms. The van der Waals surface area contributed by atoms with E-state index >= 15 is 0 Å². The van der Waals surface area contributed by atoms with Gasteiger partial charge in [0, 0.05) is 0 Å². The number of hydrogen-bond donors (Lipinski definition) is 0. The quantitative estimate of drug-likeness (QED) is 0.632. The van der Waals surface area contributed by atoms with Crippen LogP contribution in [0.2, 0.25) is 10.0 Å². The Morgan fingerprint density at radius 3 is 1.56 bits per heavy atom. The second-order valence-electron chi connectivity index (χ2n) is 3.02. The lowest BCUT2D eigenvalue weighted by Crippen LogP contribution is -2.23. The first-order valence-corrected chi connectivity index (χ1v) is 4.76. The minimum atomic E-state index is -0.737. The largest absolute Gasteiger partial charge is 0.369 e. The van der Waals surface area contributed by atoms with E-state index in [9.17, 15) is 9.59 Å². The predicted octanol–water partition coefficient (Wildman–Crippen LogP) is 0.403. The molecule has 0 N–H and O–H groups in total. The molecule has 3 rings (SSSR count). The van der Waals surface area contributed by atoms with Crippen LogP contribution in [0.25, 0.3) is 0 Å². The zero-order valence-corrected chi connectivity index (χ0v) is 8.80. The van der Waals surface area contributed by atoms with Crippen LogP contribution in [0.3, 0.4) is 0 Å². The Labute approximate surface area is 97.0 Å². The van der Waals surface area contributed by atoms with Crippen molar-refractivity contribution in [2.45, 2.75) is 0 Å². The zero-order chi connectivity index (χ0) is 11.4. The second-order valence-corrected chi connectivity index (χ2v) is 3.77. The Morgan fingerprint density at radius 2 is 1.19 bits per heavy atom. The summed E-state index contributed by atoms with van der Waals surface area (Å²) in [5, 5.41) is 6.84. The number of carbonyl (C=O) groups excluding carboxylic acids is 2. The molecular weight excluding hydrogens is 259 g/mol. The van der Waals surface area contributed by atoms with E-state index in [4.69, 9.17) is 23.2 Å². The summed E-state index contributed by atoms with van der Waals surface area (Å²) in [5.41, 5.74) is -0.0140. The highest BCUT2D eigenvalue weighted by molar-refractivity contribution is 6.37. The van der Waals surface area contributed by atoms with Gasteiger partial charge in [0.25, 0.3) is 0 Å². The molecule has 80 valence electrons. The van der Waals surface area contributed by atoms with Crippen LogP contribution in [-0.2, 0) is 9.68 Å². The Hall–Kier alpha value is -1.66. The molecule has 2 aliphatic heterocycles. The summed E-state index contributed by atoms with van der Waals surface area (Å²) in [4.78, 5) is 31.4. The number of rotatable bonds is 0. The van der Waals surface area contributed by atoms with Gasteiger partial charge in [-0.2, -0.15) is 0 Å². The van der Waals surface area contributed by atoms with Crippen LogP contribution in [0.5, 0.6) is 0 Å². The monoisotopic (exact) mass is 258 g/mol. The molecule has 0 fully saturated rings. The summed E-state index contributed by atoms with van der Waals surface area (Å²) in [6.45, 7) is 0. The Morgan fingerprint density at radius 1 is 0.812 bits per heavy atom. The molecule has 16 heavy (non-hydrogen) atoms. The molecule has 0 saturated heterocycles. The summed E-state index contributed by atoms with van der Waals surface area (Å²) in [6, 6.07) is 0. The van der Waals surface area contributed by atoms with Gasteiger partial charge in [-0.25, -0.2) is 9.59 Å². The average Bonchev–Trinajstić information content (AvgIpc) is 2.80. The maximum absolute atomic E-state index is 11.3. The first-order chi connectivity index (χ1) is 7.61. The zero-order valence-electron chi connectivity index (χ0n) is 7.28. The van der Waals surface area contributed by atoms with Crippen molar-refractivity contribution in [2.24, 2.45) is 10.3 Å². The normalized spacial score (nSPS) is 15.9. The summed E-state index contributed by atoms with van der Waals surface area (Å²) >= 11 is 11.8. The van der Waals surface area contributed by atoms with E-state index in [1.165, 1.54) is 0 Å². The summed E-state index contributed by atoms with van der Waals surface area (Å²) in [6.07, 6.45) is 0. The topological polar surface area (TPSA) is 77.3 Å². The number of hydrogen-bond acceptors (Lipinski definition) is 6. The molecule has 0 saturated carbocycles. The fourth-order valence-electron chi connectivity index (χ4n) is 1.47. The van der Waals surface area contributed by atoms with Crippen molar-refractivity contribution < 1.29 is 19.3 Å². The van der Waals surface area contributed by atoms with Gasteiger partial charge in [-0.1, -0.05) is 33.5 Å². The van der Waals surface area contributed by atoms with Crippen molar-refractivity contribution >= 4 is 35.1 Å². The Bertz CT molecular complexity index is 623. The van der Waals surface area contributed by atoms with Gasteiger partial charge >= 0.3 is 11.9 Å². The molecule has 6 nitrogen and oxygen atoms in total. The van der Waals surface area contributed by atoms with Crippen LogP contribution < -0.4 is 10.7 Å². The second kappa shape index (κ2) is 2.93. The van der Waals surface area contributed by atoms with Crippen LogP contribution in [0.4, 0.5) is 0 Å². The minimum absolute atomic E-state index is 0.00698. The first-order valence-electron chi connectivity index (χ1n) is 4.01. The fourth-order valence-corrected chi connectivity index (χ4v) is 2.06. The molecule has 1 aromatic rings. The van der Waals surface area contributed by atoms with Crippen molar-refractivity contribution in [1.82, 2.24) is 0 Å². The highest BCUT2D eigenvalue weighted by Gasteiger charge is 2.33. The van der Waals surface area contributed by atoms with E-state index in [1.54, 1.807) is 0 Å². The van der Waals surface area contributed by atoms with E-state index < -0.39 is 11.9 Å². The van der Waals surface area contributed by atoms with E-state index in [2.05, 4.69) is 20.0 Å². The van der Waals surface area contributed by atoms with Crippen molar-refractivity contribution in [3.8, 4) is 0 Å². The molecule has 0 spiro atoms. The van der Waals surface area contributed by atoms with Gasteiger partial charge in [0.15, 0.2) is 0 Å². The van der Waals surface area contributed by atoms with Crippen molar-refractivity contribution in [3.63, 3.8) is 0 Å². The summed E-state index contributed by atoms with van der Waals surface area (Å²) in [5.74, 6) is -1.47.